The predicted octanol–water partition coefficient (Wildman–Crippen LogP) is -0.271. The summed E-state index contributed by atoms with van der Waals surface area (Å²) in [4.78, 5) is 24.6. The highest BCUT2D eigenvalue weighted by atomic mass is 16.2. The Balaban J connectivity index is 2.25. The number of nitrogens with zero attached hydrogens (tertiary/aromatic N) is 1. The number of hydrogen-bond acceptors (Lipinski definition) is 3. The zero-order valence-electron chi connectivity index (χ0n) is 7.91. The fourth-order valence-electron chi connectivity index (χ4n) is 1.87. The van der Waals surface area contributed by atoms with E-state index in [1.807, 2.05) is 13.8 Å². The maximum Gasteiger partial charge on any atom is 0.233 e. The molecule has 4 heteroatoms. The van der Waals surface area contributed by atoms with Gasteiger partial charge in [0.1, 0.15) is 0 Å². The summed E-state index contributed by atoms with van der Waals surface area (Å²) in [6.07, 6.45) is 0.759. The van der Waals surface area contributed by atoms with Crippen LogP contribution in [0.15, 0.2) is 0 Å². The third-order valence-corrected chi connectivity index (χ3v) is 2.97. The minimum Gasteiger partial charge on any atom is -0.328 e. The van der Waals surface area contributed by atoms with Crippen LogP contribution in [-0.2, 0) is 9.59 Å². The molecular weight excluding hydrogens is 168 g/mol. The Morgan fingerprint density at radius 2 is 1.85 bits per heavy atom. The lowest BCUT2D eigenvalue weighted by Crippen LogP contribution is -2.53. The van der Waals surface area contributed by atoms with E-state index in [9.17, 15) is 9.59 Å². The minimum absolute atomic E-state index is 0.0154. The zero-order valence-corrected chi connectivity index (χ0v) is 7.91. The van der Waals surface area contributed by atoms with Crippen LogP contribution in [0.2, 0.25) is 0 Å². The fraction of sp³-hybridized carbons (Fsp3) is 0.778. The van der Waals surface area contributed by atoms with Crippen LogP contribution in [0.1, 0.15) is 20.3 Å². The highest BCUT2D eigenvalue weighted by molar-refractivity contribution is 6.09. The first-order valence-electron chi connectivity index (χ1n) is 4.57. The first-order chi connectivity index (χ1) is 5.99. The van der Waals surface area contributed by atoms with Crippen LogP contribution in [-0.4, -0.2) is 28.8 Å². The average molecular weight is 182 g/mol. The van der Waals surface area contributed by atoms with E-state index in [4.69, 9.17) is 5.73 Å². The van der Waals surface area contributed by atoms with E-state index >= 15 is 0 Å². The van der Waals surface area contributed by atoms with Gasteiger partial charge in [0.25, 0.3) is 0 Å². The van der Waals surface area contributed by atoms with Crippen LogP contribution in [0.25, 0.3) is 0 Å². The molecule has 0 aromatic carbocycles. The van der Waals surface area contributed by atoms with Crippen molar-refractivity contribution in [2.24, 2.45) is 17.6 Å². The molecular formula is C9H14N2O2. The molecule has 0 radical (unpaired) electrons. The van der Waals surface area contributed by atoms with Crippen LogP contribution in [0, 0.1) is 11.8 Å². The molecule has 1 saturated heterocycles. The summed E-state index contributed by atoms with van der Waals surface area (Å²) in [5.74, 6) is -0.0763. The minimum atomic E-state index is -0.512. The van der Waals surface area contributed by atoms with Gasteiger partial charge in [0.2, 0.25) is 11.8 Å². The molecule has 1 aliphatic heterocycles. The molecule has 0 aromatic heterocycles. The van der Waals surface area contributed by atoms with Crippen molar-refractivity contribution in [3.8, 4) is 0 Å². The van der Waals surface area contributed by atoms with E-state index in [0.29, 0.717) is 6.54 Å². The first-order valence-corrected chi connectivity index (χ1v) is 4.57. The van der Waals surface area contributed by atoms with Gasteiger partial charge in [0.05, 0.1) is 17.4 Å². The van der Waals surface area contributed by atoms with E-state index < -0.39 is 5.54 Å². The molecule has 4 nitrogen and oxygen atoms in total. The largest absolute Gasteiger partial charge is 0.328 e. The molecule has 2 amide bonds. The molecule has 1 saturated carbocycles. The van der Waals surface area contributed by atoms with Gasteiger partial charge in [0, 0.05) is 6.54 Å². The van der Waals surface area contributed by atoms with Gasteiger partial charge in [-0.1, -0.05) is 0 Å². The van der Waals surface area contributed by atoms with Gasteiger partial charge in [-0.3, -0.25) is 14.5 Å². The smallest absolute Gasteiger partial charge is 0.233 e. The van der Waals surface area contributed by atoms with Gasteiger partial charge in [0.15, 0.2) is 0 Å². The summed E-state index contributed by atoms with van der Waals surface area (Å²) >= 11 is 0. The first kappa shape index (κ1) is 8.69. The number of piperidine rings is 1. The Kier molecular flexibility index (Phi) is 1.55. The van der Waals surface area contributed by atoms with Crippen LogP contribution in [0.3, 0.4) is 0 Å². The number of fused-ring (bicyclic) bond motifs is 1. The second kappa shape index (κ2) is 2.32. The molecule has 2 aliphatic rings. The summed E-state index contributed by atoms with van der Waals surface area (Å²) in [6, 6.07) is 0. The summed E-state index contributed by atoms with van der Waals surface area (Å²) in [7, 11) is 0. The quantitative estimate of drug-likeness (QED) is 0.598. The van der Waals surface area contributed by atoms with Gasteiger partial charge in [-0.25, -0.2) is 0 Å². The maximum atomic E-state index is 11.6. The standard InChI is InChI=1S/C9H14N2O2/c1-9(2,4-10)11-7(12)5-3-6(5)8(11)13/h5-6H,3-4,10H2,1-2H3. The van der Waals surface area contributed by atoms with Crippen molar-refractivity contribution in [2.45, 2.75) is 25.8 Å². The molecule has 0 aromatic rings. The van der Waals surface area contributed by atoms with Crippen molar-refractivity contribution < 1.29 is 9.59 Å². The Labute approximate surface area is 77.1 Å². The van der Waals surface area contributed by atoms with Gasteiger partial charge >= 0.3 is 0 Å². The predicted molar refractivity (Wildman–Crippen MR) is 46.6 cm³/mol. The lowest BCUT2D eigenvalue weighted by atomic mass is 10.0. The van der Waals surface area contributed by atoms with E-state index in [-0.39, 0.29) is 23.7 Å². The third kappa shape index (κ3) is 1.01. The van der Waals surface area contributed by atoms with Gasteiger partial charge in [-0.15, -0.1) is 0 Å². The molecule has 1 aliphatic carbocycles. The lowest BCUT2D eigenvalue weighted by molar-refractivity contribution is -0.147. The van der Waals surface area contributed by atoms with Crippen molar-refractivity contribution in [3.05, 3.63) is 0 Å². The van der Waals surface area contributed by atoms with Crippen LogP contribution < -0.4 is 5.73 Å². The molecule has 2 fully saturated rings. The van der Waals surface area contributed by atoms with Crippen molar-refractivity contribution >= 4 is 11.8 Å². The molecule has 2 rings (SSSR count). The topological polar surface area (TPSA) is 63.4 Å². The number of amides is 2. The van der Waals surface area contributed by atoms with Crippen molar-refractivity contribution in [3.63, 3.8) is 0 Å². The van der Waals surface area contributed by atoms with E-state index in [2.05, 4.69) is 0 Å². The molecule has 72 valence electrons. The summed E-state index contributed by atoms with van der Waals surface area (Å²) in [5, 5.41) is 0. The number of carbonyl (C=O) groups excluding carboxylic acids is 2. The zero-order chi connectivity index (χ0) is 9.80. The number of imide groups is 1. The van der Waals surface area contributed by atoms with Crippen molar-refractivity contribution in [1.29, 1.82) is 0 Å². The number of rotatable bonds is 2. The van der Waals surface area contributed by atoms with E-state index in [1.165, 1.54) is 4.90 Å². The second-order valence-corrected chi connectivity index (χ2v) is 4.48. The fourth-order valence-corrected chi connectivity index (χ4v) is 1.87. The molecule has 2 atom stereocenters. The normalized spacial score (nSPS) is 32.4. The van der Waals surface area contributed by atoms with Crippen LogP contribution in [0.5, 0.6) is 0 Å². The number of carbonyl (C=O) groups is 2. The van der Waals surface area contributed by atoms with Gasteiger partial charge < -0.3 is 5.73 Å². The number of hydrogen-bond donors (Lipinski definition) is 1. The molecule has 1 heterocycles. The Morgan fingerprint density at radius 1 is 1.38 bits per heavy atom. The van der Waals surface area contributed by atoms with Crippen LogP contribution >= 0.6 is 0 Å². The Hall–Kier alpha value is -0.900. The third-order valence-electron chi connectivity index (χ3n) is 2.97. The molecule has 13 heavy (non-hydrogen) atoms. The lowest BCUT2D eigenvalue weighted by Gasteiger charge is -2.33. The maximum absolute atomic E-state index is 11.6. The van der Waals surface area contributed by atoms with E-state index in [0.717, 1.165) is 6.42 Å². The Bertz CT molecular complexity index is 265. The molecule has 2 N–H and O–H groups in total. The summed E-state index contributed by atoms with van der Waals surface area (Å²) in [6.45, 7) is 3.98. The monoisotopic (exact) mass is 182 g/mol. The van der Waals surface area contributed by atoms with Gasteiger partial charge in [-0.2, -0.15) is 0 Å². The molecule has 0 spiro atoms. The van der Waals surface area contributed by atoms with Crippen LogP contribution in [0.4, 0.5) is 0 Å². The summed E-state index contributed by atoms with van der Waals surface area (Å²) < 4.78 is 0. The summed E-state index contributed by atoms with van der Waals surface area (Å²) in [5.41, 5.74) is 5.01. The number of nitrogens with two attached hydrogens (primary N) is 1. The van der Waals surface area contributed by atoms with Crippen molar-refractivity contribution in [1.82, 2.24) is 4.90 Å². The molecule has 0 bridgehead atoms. The second-order valence-electron chi connectivity index (χ2n) is 4.48. The average Bonchev–Trinajstić information content (AvgIpc) is 2.78. The molecule has 2 unspecified atom stereocenters. The SMILES string of the molecule is CC(C)(CN)N1C(=O)C2CC2C1=O. The highest BCUT2D eigenvalue weighted by Crippen LogP contribution is 2.48. The highest BCUT2D eigenvalue weighted by Gasteiger charge is 2.61. The van der Waals surface area contributed by atoms with Crippen molar-refractivity contribution in [2.75, 3.05) is 6.54 Å². The number of likely N-dealkylation sites (tertiary alicyclic amines) is 1. The van der Waals surface area contributed by atoms with E-state index in [1.54, 1.807) is 0 Å². The van der Waals surface area contributed by atoms with Gasteiger partial charge in [-0.05, 0) is 20.3 Å². The Morgan fingerprint density at radius 3 is 2.23 bits per heavy atom.